The van der Waals surface area contributed by atoms with Crippen molar-refractivity contribution >= 4 is 45.8 Å². The van der Waals surface area contributed by atoms with E-state index in [1.165, 1.54) is 8.96 Å². The minimum absolute atomic E-state index is 0.529. The number of aryl methyl sites for hydroxylation is 2. The molecule has 4 rings (SSSR count). The minimum Gasteiger partial charge on any atom is -0.393 e. The lowest BCUT2D eigenvalue weighted by molar-refractivity contribution is -0.363. The maximum atomic E-state index is 15.6. The molecule has 26 heavy (non-hydrogen) atoms. The van der Waals surface area contributed by atoms with E-state index in [-0.39, 0.29) is 0 Å². The molecule has 7 heteroatoms. The molecule has 2 nitrogen and oxygen atoms in total. The molecule has 2 aromatic rings. The van der Waals surface area contributed by atoms with Crippen molar-refractivity contribution in [1.82, 2.24) is 4.48 Å². The first-order valence-corrected chi connectivity index (χ1v) is 9.54. The van der Waals surface area contributed by atoms with Crippen LogP contribution in [0.4, 0.5) is 8.63 Å². The summed E-state index contributed by atoms with van der Waals surface area (Å²) >= 11 is 10.1. The average Bonchev–Trinajstić information content (AvgIpc) is 2.99. The molecule has 0 bridgehead atoms. The standard InChI is InChI=1S/C19H17BBrClF2N2/c1-10-8-12(3)25-18(10)17(16-14(21)6-5-7-15(16)22)19-11(2)9-13(4)26(19)20(25,23)24/h5-9H,1-4H3. The van der Waals surface area contributed by atoms with Crippen molar-refractivity contribution < 1.29 is 13.1 Å². The van der Waals surface area contributed by atoms with E-state index in [1.807, 2.05) is 38.1 Å². The normalized spacial score (nSPS) is 18.2. The quantitative estimate of drug-likeness (QED) is 0.487. The Balaban J connectivity index is 2.24. The highest BCUT2D eigenvalue weighted by Crippen LogP contribution is 2.47. The van der Waals surface area contributed by atoms with Gasteiger partial charge in [-0.25, -0.2) is 0 Å². The van der Waals surface area contributed by atoms with Crippen molar-refractivity contribution in [2.75, 3.05) is 0 Å². The maximum absolute atomic E-state index is 15.6. The van der Waals surface area contributed by atoms with Crippen LogP contribution in [0.15, 0.2) is 46.1 Å². The summed E-state index contributed by atoms with van der Waals surface area (Å²) in [6.07, 6.45) is 1.81. The second-order valence-electron chi connectivity index (χ2n) is 6.93. The molecule has 0 N–H and O–H groups in total. The molecule has 0 saturated carbocycles. The third kappa shape index (κ3) is 2.18. The zero-order valence-corrected chi connectivity index (χ0v) is 17.2. The van der Waals surface area contributed by atoms with Crippen LogP contribution >= 0.6 is 27.5 Å². The highest BCUT2D eigenvalue weighted by atomic mass is 79.9. The molecule has 0 saturated heterocycles. The van der Waals surface area contributed by atoms with Crippen molar-refractivity contribution in [3.05, 3.63) is 73.6 Å². The SMILES string of the molecule is CC1=CC(C)=[N+]2C1=C(c1c(Cl)cccc1Br)c1c(C)cc(C)n1[B-]2(F)F. The van der Waals surface area contributed by atoms with Crippen LogP contribution in [0.2, 0.25) is 5.02 Å². The van der Waals surface area contributed by atoms with Gasteiger partial charge < -0.3 is 17.6 Å². The van der Waals surface area contributed by atoms with Gasteiger partial charge in [-0.1, -0.05) is 33.6 Å². The number of fused-ring (bicyclic) bond motifs is 2. The van der Waals surface area contributed by atoms with Gasteiger partial charge in [-0.05, 0) is 50.2 Å². The average molecular weight is 438 g/mol. The highest BCUT2D eigenvalue weighted by molar-refractivity contribution is 9.10. The number of halogens is 4. The van der Waals surface area contributed by atoms with Crippen LogP contribution in [0, 0.1) is 13.8 Å². The smallest absolute Gasteiger partial charge is 0.393 e. The Morgan fingerprint density at radius 3 is 2.50 bits per heavy atom. The lowest BCUT2D eigenvalue weighted by atomic mass is 9.84. The zero-order chi connectivity index (χ0) is 19.0. The van der Waals surface area contributed by atoms with Crippen molar-refractivity contribution in [3.8, 4) is 0 Å². The molecule has 134 valence electrons. The molecule has 1 aromatic carbocycles. The van der Waals surface area contributed by atoms with Crippen LogP contribution in [0.1, 0.15) is 36.4 Å². The maximum Gasteiger partial charge on any atom is 0.737 e. The Morgan fingerprint density at radius 1 is 1.15 bits per heavy atom. The fraction of sp³-hybridized carbons (Fsp3) is 0.211. The first-order valence-electron chi connectivity index (χ1n) is 8.37. The van der Waals surface area contributed by atoms with Crippen LogP contribution in [0.3, 0.4) is 0 Å². The first-order chi connectivity index (χ1) is 12.2. The van der Waals surface area contributed by atoms with Crippen LogP contribution in [-0.4, -0.2) is 21.6 Å². The molecule has 0 atom stereocenters. The molecular formula is C19H17BBrClF2N2. The minimum atomic E-state index is -3.97. The van der Waals surface area contributed by atoms with Crippen LogP contribution in [-0.2, 0) is 0 Å². The first kappa shape index (κ1) is 17.7. The largest absolute Gasteiger partial charge is 0.737 e. The number of aromatic nitrogens is 1. The van der Waals surface area contributed by atoms with E-state index in [0.29, 0.717) is 27.8 Å². The Morgan fingerprint density at radius 2 is 1.85 bits per heavy atom. The second kappa shape index (κ2) is 5.67. The van der Waals surface area contributed by atoms with Gasteiger partial charge in [0.1, 0.15) is 5.71 Å². The Labute approximate surface area is 164 Å². The lowest BCUT2D eigenvalue weighted by Gasteiger charge is -2.34. The van der Waals surface area contributed by atoms with E-state index in [4.69, 9.17) is 11.6 Å². The topological polar surface area (TPSA) is 7.94 Å². The number of hydrogen-bond acceptors (Lipinski definition) is 0. The Kier molecular flexibility index (Phi) is 3.87. The van der Waals surface area contributed by atoms with Gasteiger partial charge in [-0.2, -0.15) is 0 Å². The van der Waals surface area contributed by atoms with Gasteiger partial charge in [0.25, 0.3) is 0 Å². The second-order valence-corrected chi connectivity index (χ2v) is 8.20. The Hall–Kier alpha value is -1.66. The Bertz CT molecular complexity index is 1060. The third-order valence-electron chi connectivity index (χ3n) is 5.15. The van der Waals surface area contributed by atoms with E-state index in [2.05, 4.69) is 15.9 Å². The molecule has 0 fully saturated rings. The van der Waals surface area contributed by atoms with Gasteiger partial charge in [0, 0.05) is 39.3 Å². The zero-order valence-electron chi connectivity index (χ0n) is 14.9. The van der Waals surface area contributed by atoms with Crippen molar-refractivity contribution in [3.63, 3.8) is 0 Å². The molecule has 0 unspecified atom stereocenters. The van der Waals surface area contributed by atoms with Crippen LogP contribution in [0.25, 0.3) is 5.57 Å². The van der Waals surface area contributed by atoms with Gasteiger partial charge in [0.15, 0.2) is 5.70 Å². The summed E-state index contributed by atoms with van der Waals surface area (Å²) in [5.74, 6) is 0. The molecule has 1 aromatic heterocycles. The summed E-state index contributed by atoms with van der Waals surface area (Å²) in [7, 11) is 0. The highest BCUT2D eigenvalue weighted by Gasteiger charge is 2.55. The predicted octanol–water partition coefficient (Wildman–Crippen LogP) is 5.95. The van der Waals surface area contributed by atoms with E-state index >= 15 is 8.63 Å². The van der Waals surface area contributed by atoms with Crippen LogP contribution < -0.4 is 0 Å². The van der Waals surface area contributed by atoms with Gasteiger partial charge in [0.05, 0.1) is 5.57 Å². The van der Waals surface area contributed by atoms with E-state index in [9.17, 15) is 0 Å². The van der Waals surface area contributed by atoms with E-state index in [0.717, 1.165) is 26.7 Å². The number of hydrogen-bond donors (Lipinski definition) is 0. The predicted molar refractivity (Wildman–Crippen MR) is 107 cm³/mol. The van der Waals surface area contributed by atoms with E-state index in [1.54, 1.807) is 19.9 Å². The molecule has 2 aliphatic rings. The number of nitrogens with zero attached hydrogens (tertiary/aromatic N) is 2. The monoisotopic (exact) mass is 436 g/mol. The summed E-state index contributed by atoms with van der Waals surface area (Å²) < 4.78 is 34.3. The van der Waals surface area contributed by atoms with Crippen molar-refractivity contribution in [2.45, 2.75) is 27.7 Å². The third-order valence-corrected chi connectivity index (χ3v) is 6.12. The number of benzene rings is 1. The van der Waals surface area contributed by atoms with Gasteiger partial charge >= 0.3 is 6.97 Å². The lowest BCUT2D eigenvalue weighted by Crippen LogP contribution is -2.51. The molecule has 2 aliphatic heterocycles. The number of rotatable bonds is 1. The number of allylic oxidation sites excluding steroid dienone is 2. The van der Waals surface area contributed by atoms with E-state index < -0.39 is 6.97 Å². The van der Waals surface area contributed by atoms with Crippen LogP contribution in [0.5, 0.6) is 0 Å². The van der Waals surface area contributed by atoms with Crippen molar-refractivity contribution in [2.24, 2.45) is 0 Å². The van der Waals surface area contributed by atoms with Gasteiger partial charge in [-0.15, -0.1) is 0 Å². The molecule has 0 amide bonds. The molecular weight excluding hydrogens is 420 g/mol. The summed E-state index contributed by atoms with van der Waals surface area (Å²) in [6, 6.07) is 7.33. The van der Waals surface area contributed by atoms with Crippen molar-refractivity contribution in [1.29, 1.82) is 0 Å². The fourth-order valence-corrected chi connectivity index (χ4v) is 5.22. The van der Waals surface area contributed by atoms with Gasteiger partial charge in [-0.3, -0.25) is 0 Å². The molecule has 0 aliphatic carbocycles. The summed E-state index contributed by atoms with van der Waals surface area (Å²) in [4.78, 5) is 0. The summed E-state index contributed by atoms with van der Waals surface area (Å²) in [5.41, 5.74) is 5.27. The molecule has 0 spiro atoms. The molecule has 0 radical (unpaired) electrons. The molecule has 3 heterocycles. The summed E-state index contributed by atoms with van der Waals surface area (Å²) in [6.45, 7) is 3.22. The summed E-state index contributed by atoms with van der Waals surface area (Å²) in [5, 5.41) is 0.529. The fourth-order valence-electron chi connectivity index (χ4n) is 4.27. The van der Waals surface area contributed by atoms with Gasteiger partial charge in [0.2, 0.25) is 0 Å².